The summed E-state index contributed by atoms with van der Waals surface area (Å²) >= 11 is 0. The molecule has 0 bridgehead atoms. The number of hydrogen-bond acceptors (Lipinski definition) is 9. The second kappa shape index (κ2) is 8.95. The summed E-state index contributed by atoms with van der Waals surface area (Å²) in [6, 6.07) is 4.80. The van der Waals surface area contributed by atoms with Crippen LogP contribution in [0.5, 0.6) is 40.2 Å². The zero-order valence-corrected chi connectivity index (χ0v) is 18.4. The molecule has 3 rings (SSSR count). The molecule has 0 aliphatic heterocycles. The van der Waals surface area contributed by atoms with Gasteiger partial charge in [-0.3, -0.25) is 4.79 Å². The van der Waals surface area contributed by atoms with Crippen LogP contribution in [0.15, 0.2) is 27.4 Å². The molecule has 3 aromatic rings. The Bertz CT molecular complexity index is 1160. The number of rotatable bonds is 8. The molecule has 2 aromatic carbocycles. The summed E-state index contributed by atoms with van der Waals surface area (Å²) in [6.07, 6.45) is 0. The molecule has 1 heterocycles. The van der Waals surface area contributed by atoms with Crippen molar-refractivity contribution < 1.29 is 37.6 Å². The summed E-state index contributed by atoms with van der Waals surface area (Å²) in [5.74, 6) is 2.06. The van der Waals surface area contributed by atoms with Crippen LogP contribution in [0, 0.1) is 0 Å². The Labute approximate surface area is 178 Å². The van der Waals surface area contributed by atoms with E-state index in [-0.39, 0.29) is 34.0 Å². The summed E-state index contributed by atoms with van der Waals surface area (Å²) in [7, 11) is 10.2. The molecule has 31 heavy (non-hydrogen) atoms. The first kappa shape index (κ1) is 21.9. The molecule has 0 aliphatic carbocycles. The van der Waals surface area contributed by atoms with Gasteiger partial charge in [0.1, 0.15) is 22.5 Å². The monoisotopic (exact) mass is 432 g/mol. The lowest BCUT2D eigenvalue weighted by atomic mass is 10.1. The largest absolute Gasteiger partial charge is 0.496 e. The molecule has 0 atom stereocenters. The van der Waals surface area contributed by atoms with E-state index in [0.717, 1.165) is 0 Å². The van der Waals surface area contributed by atoms with Crippen molar-refractivity contribution in [3.05, 3.63) is 28.4 Å². The Morgan fingerprint density at radius 1 is 0.613 bits per heavy atom. The van der Waals surface area contributed by atoms with E-state index >= 15 is 0 Å². The fourth-order valence-corrected chi connectivity index (χ4v) is 3.39. The highest BCUT2D eigenvalue weighted by Crippen LogP contribution is 2.51. The van der Waals surface area contributed by atoms with Gasteiger partial charge in [0.25, 0.3) is 0 Å². The van der Waals surface area contributed by atoms with Gasteiger partial charge >= 0.3 is 0 Å². The minimum atomic E-state index is -0.422. The number of hydrogen-bond donors (Lipinski definition) is 0. The van der Waals surface area contributed by atoms with Crippen LogP contribution in [-0.4, -0.2) is 49.8 Å². The van der Waals surface area contributed by atoms with Crippen LogP contribution in [0.2, 0.25) is 0 Å². The molecule has 0 saturated heterocycles. The van der Waals surface area contributed by atoms with Crippen LogP contribution in [0.1, 0.15) is 0 Å². The molecule has 0 amide bonds. The van der Waals surface area contributed by atoms with E-state index in [0.29, 0.717) is 28.6 Å². The summed E-state index contributed by atoms with van der Waals surface area (Å²) in [4.78, 5) is 13.3. The highest BCUT2D eigenvalue weighted by molar-refractivity contribution is 5.90. The van der Waals surface area contributed by atoms with Crippen molar-refractivity contribution in [1.82, 2.24) is 0 Å². The van der Waals surface area contributed by atoms with Gasteiger partial charge in [-0.25, -0.2) is 0 Å². The predicted octanol–water partition coefficient (Wildman–Crippen LogP) is 3.52. The van der Waals surface area contributed by atoms with E-state index < -0.39 is 5.43 Å². The number of fused-ring (bicyclic) bond motifs is 1. The van der Waals surface area contributed by atoms with Crippen molar-refractivity contribution in [2.45, 2.75) is 0 Å². The Morgan fingerprint density at radius 2 is 1.23 bits per heavy atom. The third kappa shape index (κ3) is 3.52. The average Bonchev–Trinajstić information content (AvgIpc) is 2.81. The molecular formula is C22H24O9. The molecular weight excluding hydrogens is 408 g/mol. The van der Waals surface area contributed by atoms with E-state index in [2.05, 4.69) is 0 Å². The van der Waals surface area contributed by atoms with Crippen LogP contribution >= 0.6 is 0 Å². The highest BCUT2D eigenvalue weighted by atomic mass is 16.5. The van der Waals surface area contributed by atoms with Crippen LogP contribution in [0.4, 0.5) is 0 Å². The van der Waals surface area contributed by atoms with Gasteiger partial charge in [-0.05, 0) is 6.07 Å². The summed E-state index contributed by atoms with van der Waals surface area (Å²) < 4.78 is 44.2. The van der Waals surface area contributed by atoms with Gasteiger partial charge in [-0.2, -0.15) is 0 Å². The second-order valence-electron chi connectivity index (χ2n) is 6.22. The predicted molar refractivity (Wildman–Crippen MR) is 114 cm³/mol. The molecule has 1 aromatic heterocycles. The Hall–Kier alpha value is -3.75. The number of ether oxygens (including phenoxy) is 7. The molecule has 0 spiro atoms. The first-order chi connectivity index (χ1) is 15.0. The van der Waals surface area contributed by atoms with Gasteiger partial charge in [0.05, 0.1) is 55.3 Å². The quantitative estimate of drug-likeness (QED) is 0.530. The van der Waals surface area contributed by atoms with Gasteiger partial charge in [0.15, 0.2) is 17.3 Å². The van der Waals surface area contributed by atoms with E-state index in [4.69, 9.17) is 37.6 Å². The van der Waals surface area contributed by atoms with Crippen molar-refractivity contribution in [3.63, 3.8) is 0 Å². The highest BCUT2D eigenvalue weighted by Gasteiger charge is 2.28. The van der Waals surface area contributed by atoms with Crippen molar-refractivity contribution in [2.24, 2.45) is 0 Å². The van der Waals surface area contributed by atoms with Gasteiger partial charge in [-0.1, -0.05) is 0 Å². The molecule has 0 N–H and O–H groups in total. The molecule has 9 nitrogen and oxygen atoms in total. The second-order valence-corrected chi connectivity index (χ2v) is 6.22. The van der Waals surface area contributed by atoms with Crippen molar-refractivity contribution >= 4 is 11.0 Å². The molecule has 0 radical (unpaired) electrons. The number of methoxy groups -OCH3 is 7. The third-order valence-corrected chi connectivity index (χ3v) is 4.78. The maximum Gasteiger partial charge on any atom is 0.239 e. The van der Waals surface area contributed by atoms with Crippen molar-refractivity contribution in [3.8, 4) is 51.6 Å². The van der Waals surface area contributed by atoms with Gasteiger partial charge < -0.3 is 37.6 Å². The maximum atomic E-state index is 13.3. The minimum absolute atomic E-state index is 0.0384. The maximum absolute atomic E-state index is 13.3. The van der Waals surface area contributed by atoms with Gasteiger partial charge in [-0.15, -0.1) is 0 Å². The van der Waals surface area contributed by atoms with E-state index in [1.54, 1.807) is 18.2 Å². The summed E-state index contributed by atoms with van der Waals surface area (Å²) in [5, 5.41) is 0.218. The van der Waals surface area contributed by atoms with Crippen molar-refractivity contribution in [1.29, 1.82) is 0 Å². The minimum Gasteiger partial charge on any atom is -0.496 e. The standard InChI is InChI=1S/C22H24O9/c1-24-11-8-13(25-2)16-14(9-11)31-19(21(29-6)17(16)23)12-10-15(26-3)20(28-5)22(30-7)18(12)27-4/h8-10H,1-7H3. The van der Waals surface area contributed by atoms with E-state index in [1.165, 1.54) is 49.8 Å². The van der Waals surface area contributed by atoms with Crippen molar-refractivity contribution in [2.75, 3.05) is 49.8 Å². The molecule has 0 fully saturated rings. The fourth-order valence-electron chi connectivity index (χ4n) is 3.39. The van der Waals surface area contributed by atoms with Crippen LogP contribution in [0.25, 0.3) is 22.3 Å². The third-order valence-electron chi connectivity index (χ3n) is 4.78. The van der Waals surface area contributed by atoms with Gasteiger partial charge in [0, 0.05) is 12.1 Å². The van der Waals surface area contributed by atoms with E-state index in [9.17, 15) is 4.79 Å². The summed E-state index contributed by atoms with van der Waals surface area (Å²) in [6.45, 7) is 0. The normalized spacial score (nSPS) is 10.5. The zero-order chi connectivity index (χ0) is 22.7. The molecule has 166 valence electrons. The van der Waals surface area contributed by atoms with Crippen LogP contribution in [-0.2, 0) is 0 Å². The summed E-state index contributed by atoms with van der Waals surface area (Å²) in [5.41, 5.74) is 0.191. The lowest BCUT2D eigenvalue weighted by Gasteiger charge is -2.19. The molecule has 0 saturated carbocycles. The Kier molecular flexibility index (Phi) is 6.33. The smallest absolute Gasteiger partial charge is 0.239 e. The Morgan fingerprint density at radius 3 is 1.74 bits per heavy atom. The molecule has 0 unspecified atom stereocenters. The van der Waals surface area contributed by atoms with Crippen LogP contribution in [0.3, 0.4) is 0 Å². The SMILES string of the molecule is COc1cc(OC)c2c(=O)c(OC)c(-c3cc(OC)c(OC)c(OC)c3OC)oc2c1. The molecule has 0 aliphatic rings. The number of benzene rings is 2. The lowest BCUT2D eigenvalue weighted by molar-refractivity contribution is 0.305. The lowest BCUT2D eigenvalue weighted by Crippen LogP contribution is -2.10. The zero-order valence-electron chi connectivity index (χ0n) is 18.4. The fraction of sp³-hybridized carbons (Fsp3) is 0.318. The van der Waals surface area contributed by atoms with E-state index in [1.807, 2.05) is 0 Å². The van der Waals surface area contributed by atoms with Gasteiger partial charge in [0.2, 0.25) is 22.7 Å². The first-order valence-corrected chi connectivity index (χ1v) is 9.13. The Balaban J connectivity index is 2.49. The van der Waals surface area contributed by atoms with Crippen LogP contribution < -0.4 is 38.6 Å². The first-order valence-electron chi connectivity index (χ1n) is 9.13. The molecule has 9 heteroatoms. The average molecular weight is 432 g/mol. The topological polar surface area (TPSA) is 94.8 Å².